The molecule has 2 aromatic rings. The van der Waals surface area contributed by atoms with Gasteiger partial charge in [0.2, 0.25) is 0 Å². The van der Waals surface area contributed by atoms with Gasteiger partial charge in [-0.25, -0.2) is 0 Å². The molecule has 5 heteroatoms. The van der Waals surface area contributed by atoms with Crippen LogP contribution in [0.15, 0.2) is 10.5 Å². The van der Waals surface area contributed by atoms with Crippen molar-refractivity contribution in [1.82, 2.24) is 9.78 Å². The second-order valence-corrected chi connectivity index (χ2v) is 4.54. The van der Waals surface area contributed by atoms with E-state index in [4.69, 9.17) is 21.8 Å². The SMILES string of the molecule is Cc1cc(Cn2nc(C)c(Cl)c2C)oc1CN. The van der Waals surface area contributed by atoms with Gasteiger partial charge < -0.3 is 10.2 Å². The fraction of sp³-hybridized carbons (Fsp3) is 0.417. The van der Waals surface area contributed by atoms with E-state index in [1.807, 2.05) is 31.5 Å². The number of aromatic nitrogens is 2. The number of furan rings is 1. The van der Waals surface area contributed by atoms with E-state index < -0.39 is 0 Å². The summed E-state index contributed by atoms with van der Waals surface area (Å²) in [6, 6.07) is 1.99. The number of hydrogen-bond acceptors (Lipinski definition) is 3. The minimum Gasteiger partial charge on any atom is -0.462 e. The van der Waals surface area contributed by atoms with Gasteiger partial charge in [-0.05, 0) is 32.4 Å². The first kappa shape index (κ1) is 12.2. The van der Waals surface area contributed by atoms with Crippen LogP contribution in [-0.4, -0.2) is 9.78 Å². The number of aryl methyl sites for hydroxylation is 2. The zero-order chi connectivity index (χ0) is 12.6. The maximum absolute atomic E-state index is 6.09. The molecule has 92 valence electrons. The van der Waals surface area contributed by atoms with E-state index in [0.717, 1.165) is 28.5 Å². The normalized spacial score (nSPS) is 11.1. The van der Waals surface area contributed by atoms with Crippen LogP contribution in [0.1, 0.15) is 28.5 Å². The first-order chi connectivity index (χ1) is 8.02. The standard InChI is InChI=1S/C12H16ClN3O/c1-7-4-10(17-11(7)5-14)6-16-9(3)12(13)8(2)15-16/h4H,5-6,14H2,1-3H3. The third kappa shape index (κ3) is 2.23. The summed E-state index contributed by atoms with van der Waals surface area (Å²) >= 11 is 6.09. The Hall–Kier alpha value is -1.26. The highest BCUT2D eigenvalue weighted by molar-refractivity contribution is 6.31. The zero-order valence-electron chi connectivity index (χ0n) is 10.2. The molecule has 0 bridgehead atoms. The topological polar surface area (TPSA) is 57.0 Å². The number of nitrogens with zero attached hydrogens (tertiary/aromatic N) is 2. The molecular weight excluding hydrogens is 238 g/mol. The highest BCUT2D eigenvalue weighted by Crippen LogP contribution is 2.21. The molecule has 0 aliphatic heterocycles. The molecule has 0 atom stereocenters. The summed E-state index contributed by atoms with van der Waals surface area (Å²) in [5.41, 5.74) is 8.45. The lowest BCUT2D eigenvalue weighted by atomic mass is 10.2. The second kappa shape index (κ2) is 4.55. The van der Waals surface area contributed by atoms with Gasteiger partial charge in [0, 0.05) is 0 Å². The summed E-state index contributed by atoms with van der Waals surface area (Å²) in [7, 11) is 0. The maximum atomic E-state index is 6.09. The van der Waals surface area contributed by atoms with E-state index >= 15 is 0 Å². The zero-order valence-corrected chi connectivity index (χ0v) is 11.0. The highest BCUT2D eigenvalue weighted by Gasteiger charge is 2.12. The van der Waals surface area contributed by atoms with Crippen LogP contribution in [0.5, 0.6) is 0 Å². The van der Waals surface area contributed by atoms with Gasteiger partial charge in [0.15, 0.2) is 0 Å². The average Bonchev–Trinajstić information content (AvgIpc) is 2.76. The van der Waals surface area contributed by atoms with Crippen molar-refractivity contribution in [1.29, 1.82) is 0 Å². The average molecular weight is 254 g/mol. The Labute approximate surface area is 105 Å². The Kier molecular flexibility index (Phi) is 3.26. The van der Waals surface area contributed by atoms with Crippen molar-refractivity contribution < 1.29 is 4.42 Å². The van der Waals surface area contributed by atoms with E-state index in [1.165, 1.54) is 0 Å². The summed E-state index contributed by atoms with van der Waals surface area (Å²) in [5, 5.41) is 5.08. The summed E-state index contributed by atoms with van der Waals surface area (Å²) < 4.78 is 7.49. The Morgan fingerprint density at radius 3 is 2.59 bits per heavy atom. The van der Waals surface area contributed by atoms with Crippen LogP contribution < -0.4 is 5.73 Å². The van der Waals surface area contributed by atoms with Crippen LogP contribution in [-0.2, 0) is 13.1 Å². The van der Waals surface area contributed by atoms with E-state index in [0.29, 0.717) is 18.1 Å². The lowest BCUT2D eigenvalue weighted by Gasteiger charge is -2.01. The molecule has 17 heavy (non-hydrogen) atoms. The van der Waals surface area contributed by atoms with Gasteiger partial charge in [0.25, 0.3) is 0 Å². The third-order valence-electron chi connectivity index (χ3n) is 2.86. The van der Waals surface area contributed by atoms with Crippen molar-refractivity contribution in [2.75, 3.05) is 0 Å². The molecule has 0 aliphatic carbocycles. The molecule has 4 nitrogen and oxygen atoms in total. The Bertz CT molecular complexity index is 542. The molecule has 0 unspecified atom stereocenters. The predicted molar refractivity (Wildman–Crippen MR) is 67.1 cm³/mol. The van der Waals surface area contributed by atoms with Crippen molar-refractivity contribution in [3.8, 4) is 0 Å². The molecule has 0 amide bonds. The molecule has 0 aliphatic rings. The first-order valence-corrected chi connectivity index (χ1v) is 5.88. The fourth-order valence-electron chi connectivity index (χ4n) is 1.85. The van der Waals surface area contributed by atoms with Gasteiger partial charge >= 0.3 is 0 Å². The van der Waals surface area contributed by atoms with E-state index in [2.05, 4.69) is 5.10 Å². The van der Waals surface area contributed by atoms with Crippen molar-refractivity contribution in [3.63, 3.8) is 0 Å². The predicted octanol–water partition coefficient (Wildman–Crippen LogP) is 2.56. The summed E-state index contributed by atoms with van der Waals surface area (Å²) in [4.78, 5) is 0. The molecule has 2 rings (SSSR count). The Balaban J connectivity index is 2.28. The first-order valence-electron chi connectivity index (χ1n) is 5.50. The second-order valence-electron chi connectivity index (χ2n) is 4.17. The van der Waals surface area contributed by atoms with Crippen LogP contribution in [0.2, 0.25) is 5.02 Å². The van der Waals surface area contributed by atoms with Crippen LogP contribution in [0.3, 0.4) is 0 Å². The maximum Gasteiger partial charge on any atom is 0.126 e. The van der Waals surface area contributed by atoms with E-state index in [-0.39, 0.29) is 0 Å². The lowest BCUT2D eigenvalue weighted by molar-refractivity contribution is 0.441. The summed E-state index contributed by atoms with van der Waals surface area (Å²) in [6.45, 7) is 6.83. The van der Waals surface area contributed by atoms with E-state index in [1.54, 1.807) is 0 Å². The molecule has 2 heterocycles. The smallest absolute Gasteiger partial charge is 0.126 e. The largest absolute Gasteiger partial charge is 0.462 e. The number of hydrogen-bond donors (Lipinski definition) is 1. The fourth-order valence-corrected chi connectivity index (χ4v) is 1.98. The molecule has 0 spiro atoms. The van der Waals surface area contributed by atoms with Gasteiger partial charge in [0.1, 0.15) is 11.5 Å². The molecule has 0 aromatic carbocycles. The van der Waals surface area contributed by atoms with Crippen molar-refractivity contribution in [2.24, 2.45) is 5.73 Å². The van der Waals surface area contributed by atoms with Crippen molar-refractivity contribution in [2.45, 2.75) is 33.9 Å². The molecule has 0 saturated carbocycles. The lowest BCUT2D eigenvalue weighted by Crippen LogP contribution is -2.03. The van der Waals surface area contributed by atoms with Crippen LogP contribution in [0.25, 0.3) is 0 Å². The van der Waals surface area contributed by atoms with Crippen LogP contribution in [0, 0.1) is 20.8 Å². The summed E-state index contributed by atoms with van der Waals surface area (Å²) in [5.74, 6) is 1.68. The highest BCUT2D eigenvalue weighted by atomic mass is 35.5. The quantitative estimate of drug-likeness (QED) is 0.915. The van der Waals surface area contributed by atoms with Crippen LogP contribution in [0.4, 0.5) is 0 Å². The van der Waals surface area contributed by atoms with Crippen LogP contribution >= 0.6 is 11.6 Å². The summed E-state index contributed by atoms with van der Waals surface area (Å²) in [6.07, 6.45) is 0. The molecule has 0 saturated heterocycles. The Morgan fingerprint density at radius 1 is 1.41 bits per heavy atom. The van der Waals surface area contributed by atoms with Gasteiger partial charge in [0.05, 0.1) is 29.5 Å². The minimum atomic E-state index is 0.420. The van der Waals surface area contributed by atoms with Crippen molar-refractivity contribution in [3.05, 3.63) is 39.6 Å². The monoisotopic (exact) mass is 253 g/mol. The number of nitrogens with two attached hydrogens (primary N) is 1. The van der Waals surface area contributed by atoms with Gasteiger partial charge in [-0.2, -0.15) is 5.10 Å². The molecule has 0 radical (unpaired) electrons. The molecular formula is C12H16ClN3O. The van der Waals surface area contributed by atoms with Gasteiger partial charge in [-0.3, -0.25) is 4.68 Å². The number of rotatable bonds is 3. The Morgan fingerprint density at radius 2 is 2.12 bits per heavy atom. The molecule has 2 N–H and O–H groups in total. The van der Waals surface area contributed by atoms with Gasteiger partial charge in [-0.15, -0.1) is 0 Å². The number of halogens is 1. The third-order valence-corrected chi connectivity index (χ3v) is 3.40. The molecule has 0 fully saturated rings. The molecule has 2 aromatic heterocycles. The minimum absolute atomic E-state index is 0.420. The van der Waals surface area contributed by atoms with E-state index in [9.17, 15) is 0 Å². The van der Waals surface area contributed by atoms with Crippen molar-refractivity contribution >= 4 is 11.6 Å². The van der Waals surface area contributed by atoms with Gasteiger partial charge in [-0.1, -0.05) is 11.6 Å².